The molecule has 0 amide bonds. The molecule has 0 fully saturated rings. The molecule has 0 bridgehead atoms. The Morgan fingerprint density at radius 1 is 0.532 bits per heavy atom. The van der Waals surface area contributed by atoms with Crippen LogP contribution in [0.3, 0.4) is 0 Å². The zero-order chi connectivity index (χ0) is 45.5. The fraction of sp³-hybridized carbons (Fsp3) is 0.686. The predicted octanol–water partition coefficient (Wildman–Crippen LogP) is 13.9. The molecular formula is C51H88NO9P. The lowest BCUT2D eigenvalue weighted by Crippen LogP contribution is -2.34. The number of unbranched alkanes of at least 4 members (excludes halogenated alkanes) is 17. The molecule has 3 unspecified atom stereocenters. The Morgan fingerprint density at radius 2 is 0.935 bits per heavy atom. The predicted molar refractivity (Wildman–Crippen MR) is 258 cm³/mol. The summed E-state index contributed by atoms with van der Waals surface area (Å²) < 4.78 is 33.4. The van der Waals surface area contributed by atoms with Gasteiger partial charge in [0, 0.05) is 13.0 Å². The van der Waals surface area contributed by atoms with E-state index < -0.39 is 45.1 Å². The van der Waals surface area contributed by atoms with Crippen molar-refractivity contribution < 1.29 is 42.7 Å². The van der Waals surface area contributed by atoms with Crippen LogP contribution in [0.2, 0.25) is 0 Å². The average Bonchev–Trinajstić information content (AvgIpc) is 3.25. The number of aliphatic carboxylic acids is 1. The van der Waals surface area contributed by atoms with Gasteiger partial charge in [-0.2, -0.15) is 0 Å². The van der Waals surface area contributed by atoms with Gasteiger partial charge in [0.2, 0.25) is 0 Å². The van der Waals surface area contributed by atoms with E-state index in [1.165, 1.54) is 64.2 Å². The highest BCUT2D eigenvalue weighted by Crippen LogP contribution is 2.43. The number of hydrogen-bond acceptors (Lipinski definition) is 8. The molecule has 0 aliphatic heterocycles. The first-order chi connectivity index (χ1) is 30.2. The summed E-state index contributed by atoms with van der Waals surface area (Å²) in [6.45, 7) is 3.71. The van der Waals surface area contributed by atoms with Gasteiger partial charge in [0.15, 0.2) is 0 Å². The van der Waals surface area contributed by atoms with E-state index in [4.69, 9.17) is 29.4 Å². The van der Waals surface area contributed by atoms with Crippen molar-refractivity contribution in [2.45, 2.75) is 199 Å². The maximum Gasteiger partial charge on any atom is 0.472 e. The van der Waals surface area contributed by atoms with Crippen molar-refractivity contribution in [1.29, 1.82) is 0 Å². The zero-order valence-electron chi connectivity index (χ0n) is 38.9. The maximum absolute atomic E-state index is 12.7. The number of carboxylic acids is 1. The lowest BCUT2D eigenvalue weighted by molar-refractivity contribution is -0.154. The SMILES string of the molecule is CC/C=C\C/C=C\C/C=C\C/C=C\C/C=C\CCCCCCCC(=O)OC(COCCCCCCCCCC/C=C\C/C=C\CCCCCC)COP(=O)(O)OCC(N)C(=O)O. The van der Waals surface area contributed by atoms with Crippen molar-refractivity contribution in [2.24, 2.45) is 5.73 Å². The molecule has 0 radical (unpaired) electrons. The molecule has 0 spiro atoms. The number of carboxylic acid groups (broad SMARTS) is 1. The standard InChI is InChI=1S/C51H88NO9P/c1-3-5-7-9-11-13-15-17-19-21-23-24-25-27-29-31-33-35-37-39-41-43-50(53)61-48(46-59-62(56,57)60-47-49(52)51(54)55)45-58-44-42-40-38-36-34-32-30-28-26-22-20-18-16-14-12-10-8-6-4-2/h5,7,11,13-14,16-17,19-20,22-24,27,29,48-49H,3-4,6,8-10,12,15,18,21,25-26,28,30-47,52H2,1-2H3,(H,54,55)(H,56,57)/b7-5-,13-11-,16-14-,19-17-,22-20-,24-23-,29-27-. The van der Waals surface area contributed by atoms with Gasteiger partial charge in [0.1, 0.15) is 12.1 Å². The largest absolute Gasteiger partial charge is 0.480 e. The Bertz CT molecular complexity index is 1310. The van der Waals surface area contributed by atoms with Gasteiger partial charge in [-0.1, -0.05) is 176 Å². The molecule has 0 aromatic carbocycles. The van der Waals surface area contributed by atoms with E-state index in [1.807, 2.05) is 0 Å². The molecule has 3 atom stereocenters. The van der Waals surface area contributed by atoms with Gasteiger partial charge in [0.05, 0.1) is 19.8 Å². The number of hydrogen-bond donors (Lipinski definition) is 3. The quantitative estimate of drug-likeness (QED) is 0.0233. The second-order valence-electron chi connectivity index (χ2n) is 15.9. The summed E-state index contributed by atoms with van der Waals surface area (Å²) in [6, 6.07) is -1.48. The number of phosphoric ester groups is 1. The van der Waals surface area contributed by atoms with Crippen LogP contribution in [0.15, 0.2) is 85.1 Å². The number of carbonyl (C=O) groups is 2. The smallest absolute Gasteiger partial charge is 0.472 e. The van der Waals surface area contributed by atoms with E-state index >= 15 is 0 Å². The lowest BCUT2D eigenvalue weighted by Gasteiger charge is -2.20. The zero-order valence-corrected chi connectivity index (χ0v) is 39.8. The number of carbonyl (C=O) groups excluding carboxylic acids is 1. The monoisotopic (exact) mass is 890 g/mol. The summed E-state index contributed by atoms with van der Waals surface area (Å²) in [6.07, 6.45) is 59.1. The molecule has 11 heteroatoms. The first-order valence-corrected chi connectivity index (χ1v) is 25.6. The fourth-order valence-electron chi connectivity index (χ4n) is 6.19. The normalized spacial score (nSPS) is 14.5. The second kappa shape index (κ2) is 46.2. The minimum atomic E-state index is -4.63. The van der Waals surface area contributed by atoms with Gasteiger partial charge >= 0.3 is 19.8 Å². The molecule has 0 heterocycles. The molecule has 0 rings (SSSR count). The van der Waals surface area contributed by atoms with Crippen LogP contribution in [0.4, 0.5) is 0 Å². The number of rotatable bonds is 45. The van der Waals surface area contributed by atoms with Crippen molar-refractivity contribution in [3.05, 3.63) is 85.1 Å². The molecule has 10 nitrogen and oxygen atoms in total. The molecule has 356 valence electrons. The fourth-order valence-corrected chi connectivity index (χ4v) is 6.97. The highest BCUT2D eigenvalue weighted by Gasteiger charge is 2.27. The van der Waals surface area contributed by atoms with Crippen molar-refractivity contribution >= 4 is 19.8 Å². The van der Waals surface area contributed by atoms with E-state index in [0.29, 0.717) is 13.0 Å². The minimum Gasteiger partial charge on any atom is -0.480 e. The van der Waals surface area contributed by atoms with Gasteiger partial charge in [-0.05, 0) is 89.9 Å². The molecule has 0 saturated heterocycles. The first kappa shape index (κ1) is 59.1. The van der Waals surface area contributed by atoms with Crippen LogP contribution in [-0.2, 0) is 32.7 Å². The number of esters is 1. The summed E-state index contributed by atoms with van der Waals surface area (Å²) in [5.74, 6) is -1.81. The molecule has 0 aliphatic carbocycles. The van der Waals surface area contributed by atoms with Crippen LogP contribution in [0, 0.1) is 0 Å². The average molecular weight is 890 g/mol. The van der Waals surface area contributed by atoms with Crippen LogP contribution in [0.25, 0.3) is 0 Å². The third kappa shape index (κ3) is 45.2. The van der Waals surface area contributed by atoms with E-state index in [0.717, 1.165) is 96.3 Å². The van der Waals surface area contributed by atoms with E-state index in [1.54, 1.807) is 0 Å². The molecule has 0 aromatic heterocycles. The number of ether oxygens (including phenoxy) is 2. The van der Waals surface area contributed by atoms with Crippen LogP contribution in [-0.4, -0.2) is 60.5 Å². The Balaban J connectivity index is 4.26. The molecule has 0 saturated carbocycles. The molecule has 0 aromatic rings. The van der Waals surface area contributed by atoms with Crippen molar-refractivity contribution in [3.8, 4) is 0 Å². The number of nitrogens with two attached hydrogens (primary N) is 1. The Labute approximate surface area is 377 Å². The van der Waals surface area contributed by atoms with Gasteiger partial charge in [-0.25, -0.2) is 4.57 Å². The van der Waals surface area contributed by atoms with E-state index in [2.05, 4.69) is 98.9 Å². The van der Waals surface area contributed by atoms with Gasteiger partial charge in [-0.3, -0.25) is 18.6 Å². The molecular weight excluding hydrogens is 802 g/mol. The van der Waals surface area contributed by atoms with Crippen LogP contribution < -0.4 is 5.73 Å². The van der Waals surface area contributed by atoms with Crippen molar-refractivity contribution in [3.63, 3.8) is 0 Å². The van der Waals surface area contributed by atoms with Crippen molar-refractivity contribution in [1.82, 2.24) is 0 Å². The van der Waals surface area contributed by atoms with E-state index in [-0.39, 0.29) is 13.0 Å². The highest BCUT2D eigenvalue weighted by atomic mass is 31.2. The number of allylic oxidation sites excluding steroid dienone is 14. The second-order valence-corrected chi connectivity index (χ2v) is 17.3. The summed E-state index contributed by atoms with van der Waals surface area (Å²) >= 11 is 0. The third-order valence-corrected chi connectivity index (χ3v) is 10.9. The molecule has 4 N–H and O–H groups in total. The van der Waals surface area contributed by atoms with Crippen molar-refractivity contribution in [2.75, 3.05) is 26.4 Å². The Kier molecular flexibility index (Phi) is 44.0. The molecule has 0 aliphatic rings. The highest BCUT2D eigenvalue weighted by molar-refractivity contribution is 7.47. The first-order valence-electron chi connectivity index (χ1n) is 24.1. The maximum atomic E-state index is 12.7. The summed E-state index contributed by atoms with van der Waals surface area (Å²) in [4.78, 5) is 33.6. The van der Waals surface area contributed by atoms with Gasteiger partial charge in [-0.15, -0.1) is 0 Å². The van der Waals surface area contributed by atoms with Gasteiger partial charge < -0.3 is 25.2 Å². The lowest BCUT2D eigenvalue weighted by atomic mass is 10.1. The Hall–Kier alpha value is -2.85. The van der Waals surface area contributed by atoms with E-state index in [9.17, 15) is 19.0 Å². The van der Waals surface area contributed by atoms with Crippen LogP contribution >= 0.6 is 7.82 Å². The summed E-state index contributed by atoms with van der Waals surface area (Å²) in [5.41, 5.74) is 5.37. The molecule has 62 heavy (non-hydrogen) atoms. The minimum absolute atomic E-state index is 0.0000386. The van der Waals surface area contributed by atoms with Gasteiger partial charge in [0.25, 0.3) is 0 Å². The summed E-state index contributed by atoms with van der Waals surface area (Å²) in [5, 5.41) is 8.92. The summed E-state index contributed by atoms with van der Waals surface area (Å²) in [7, 11) is -4.63. The Morgan fingerprint density at radius 3 is 1.40 bits per heavy atom. The van der Waals surface area contributed by atoms with Crippen LogP contribution in [0.5, 0.6) is 0 Å². The topological polar surface area (TPSA) is 155 Å². The number of phosphoric acid groups is 1. The third-order valence-electron chi connectivity index (χ3n) is 9.91. The van der Waals surface area contributed by atoms with Crippen LogP contribution in [0.1, 0.15) is 187 Å².